The molecule has 6 nitrogen and oxygen atoms in total. The molecule has 1 atom stereocenters. The predicted octanol–water partition coefficient (Wildman–Crippen LogP) is 14.9. The Kier molecular flexibility index (Phi) is 42.5. The number of rotatable bonds is 41. The van der Waals surface area contributed by atoms with Gasteiger partial charge in [-0.25, -0.2) is 0 Å². The lowest BCUT2D eigenvalue weighted by Crippen LogP contribution is -2.30. The summed E-state index contributed by atoms with van der Waals surface area (Å²) in [5, 5.41) is 0. The Morgan fingerprint density at radius 3 is 1.14 bits per heavy atom. The van der Waals surface area contributed by atoms with Gasteiger partial charge in [-0.1, -0.05) is 178 Å². The minimum atomic E-state index is -0.791. The zero-order chi connectivity index (χ0) is 40.8. The van der Waals surface area contributed by atoms with Gasteiger partial charge >= 0.3 is 17.9 Å². The van der Waals surface area contributed by atoms with E-state index in [0.717, 1.165) is 103 Å². The van der Waals surface area contributed by atoms with Gasteiger partial charge in [-0.15, -0.1) is 0 Å². The number of hydrogen-bond acceptors (Lipinski definition) is 6. The van der Waals surface area contributed by atoms with Crippen LogP contribution in [0.1, 0.15) is 220 Å². The first-order valence-electron chi connectivity index (χ1n) is 23.3. The Balaban J connectivity index is 4.43. The molecule has 0 aromatic heterocycles. The fourth-order valence-electron chi connectivity index (χ4n) is 6.25. The summed E-state index contributed by atoms with van der Waals surface area (Å²) >= 11 is 0. The normalized spacial score (nSPS) is 12.6. The van der Waals surface area contributed by atoms with Crippen molar-refractivity contribution in [2.75, 3.05) is 13.2 Å². The van der Waals surface area contributed by atoms with Crippen LogP contribution < -0.4 is 0 Å². The van der Waals surface area contributed by atoms with Crippen LogP contribution in [-0.4, -0.2) is 37.2 Å². The Bertz CT molecular complexity index is 1040. The molecule has 0 saturated carbocycles. The van der Waals surface area contributed by atoms with Gasteiger partial charge in [0, 0.05) is 19.3 Å². The largest absolute Gasteiger partial charge is 0.462 e. The van der Waals surface area contributed by atoms with E-state index >= 15 is 0 Å². The van der Waals surface area contributed by atoms with E-state index in [-0.39, 0.29) is 31.1 Å². The molecule has 0 aliphatic heterocycles. The quantitative estimate of drug-likeness (QED) is 0.0266. The summed E-state index contributed by atoms with van der Waals surface area (Å²) in [5.74, 6) is -0.937. The van der Waals surface area contributed by atoms with Crippen molar-refractivity contribution in [3.63, 3.8) is 0 Å². The molecule has 0 aliphatic carbocycles. The van der Waals surface area contributed by atoms with E-state index < -0.39 is 6.10 Å². The highest BCUT2D eigenvalue weighted by Crippen LogP contribution is 2.13. The maximum absolute atomic E-state index is 12.7. The van der Waals surface area contributed by atoms with Gasteiger partial charge < -0.3 is 14.2 Å². The molecule has 0 amide bonds. The predicted molar refractivity (Wildman–Crippen MR) is 238 cm³/mol. The van der Waals surface area contributed by atoms with Gasteiger partial charge in [-0.2, -0.15) is 0 Å². The van der Waals surface area contributed by atoms with Crippen LogP contribution >= 0.6 is 0 Å². The Labute approximate surface area is 345 Å². The second kappa shape index (κ2) is 44.8. The zero-order valence-corrected chi connectivity index (χ0v) is 36.6. The molecule has 0 aromatic rings. The van der Waals surface area contributed by atoms with E-state index in [0.29, 0.717) is 19.3 Å². The first-order valence-corrected chi connectivity index (χ1v) is 23.3. The second-order valence-electron chi connectivity index (χ2n) is 15.3. The first kappa shape index (κ1) is 53.1. The standard InChI is InChI=1S/C50H86O6/c1-4-7-10-13-16-19-22-24-25-27-28-31-34-37-40-43-49(52)55-46-47(45-54-48(51)42-39-36-33-30-21-18-15-12-9-6-3)56-50(53)44-41-38-35-32-29-26-23-20-17-14-11-8-5-2/h8,11,16-17,19-20,24-26,29,47H,4-7,9-10,12-15,18,21-23,27-28,30-46H2,1-3H3/b11-8-,19-16-,20-17-,25-24-,29-26-. The lowest BCUT2D eigenvalue weighted by Gasteiger charge is -2.18. The van der Waals surface area contributed by atoms with Crippen molar-refractivity contribution in [3.8, 4) is 0 Å². The van der Waals surface area contributed by atoms with Crippen LogP contribution in [-0.2, 0) is 28.6 Å². The third kappa shape index (κ3) is 42.3. The highest BCUT2D eigenvalue weighted by molar-refractivity contribution is 5.71. The van der Waals surface area contributed by atoms with E-state index in [4.69, 9.17) is 14.2 Å². The minimum Gasteiger partial charge on any atom is -0.462 e. The summed E-state index contributed by atoms with van der Waals surface area (Å²) in [6.07, 6.45) is 53.4. The second-order valence-corrected chi connectivity index (χ2v) is 15.3. The molecule has 0 aliphatic rings. The molecule has 0 rings (SSSR count). The van der Waals surface area contributed by atoms with Gasteiger partial charge in [-0.3, -0.25) is 14.4 Å². The summed E-state index contributed by atoms with van der Waals surface area (Å²) in [4.78, 5) is 37.7. The highest BCUT2D eigenvalue weighted by atomic mass is 16.6. The average Bonchev–Trinajstić information content (AvgIpc) is 3.19. The molecule has 0 spiro atoms. The number of hydrogen-bond donors (Lipinski definition) is 0. The topological polar surface area (TPSA) is 78.9 Å². The smallest absolute Gasteiger partial charge is 0.306 e. The van der Waals surface area contributed by atoms with E-state index in [1.807, 2.05) is 0 Å². The SMILES string of the molecule is CC/C=C\C/C=C\C/C=C\CCCCCC(=O)OC(COC(=O)CCCCCCC/C=C\C/C=C\CCCCC)COC(=O)CCCCCCCCCCCC. The number of esters is 3. The number of allylic oxidation sites excluding steroid dienone is 10. The van der Waals surface area contributed by atoms with Gasteiger partial charge in [0.1, 0.15) is 13.2 Å². The van der Waals surface area contributed by atoms with Crippen molar-refractivity contribution >= 4 is 17.9 Å². The summed E-state index contributed by atoms with van der Waals surface area (Å²) in [5.41, 5.74) is 0. The van der Waals surface area contributed by atoms with Crippen molar-refractivity contribution in [1.82, 2.24) is 0 Å². The van der Waals surface area contributed by atoms with E-state index in [1.54, 1.807) is 0 Å². The van der Waals surface area contributed by atoms with Crippen molar-refractivity contribution < 1.29 is 28.6 Å². The highest BCUT2D eigenvalue weighted by Gasteiger charge is 2.19. The van der Waals surface area contributed by atoms with Crippen molar-refractivity contribution in [2.24, 2.45) is 0 Å². The van der Waals surface area contributed by atoms with E-state index in [9.17, 15) is 14.4 Å². The molecule has 0 bridgehead atoms. The lowest BCUT2D eigenvalue weighted by molar-refractivity contribution is -0.167. The van der Waals surface area contributed by atoms with Crippen LogP contribution in [0, 0.1) is 0 Å². The summed E-state index contributed by atoms with van der Waals surface area (Å²) in [7, 11) is 0. The Morgan fingerprint density at radius 2 is 0.696 bits per heavy atom. The first-order chi connectivity index (χ1) is 27.5. The molecule has 0 aromatic carbocycles. The maximum Gasteiger partial charge on any atom is 0.306 e. The van der Waals surface area contributed by atoms with Crippen LogP contribution in [0.4, 0.5) is 0 Å². The fourth-order valence-corrected chi connectivity index (χ4v) is 6.25. The number of ether oxygens (including phenoxy) is 3. The number of carbonyl (C=O) groups excluding carboxylic acids is 3. The molecule has 322 valence electrons. The van der Waals surface area contributed by atoms with Crippen molar-refractivity contribution in [3.05, 3.63) is 60.8 Å². The van der Waals surface area contributed by atoms with Crippen LogP contribution in [0.3, 0.4) is 0 Å². The molecule has 56 heavy (non-hydrogen) atoms. The van der Waals surface area contributed by atoms with Gasteiger partial charge in [0.2, 0.25) is 0 Å². The third-order valence-corrected chi connectivity index (χ3v) is 9.76. The van der Waals surface area contributed by atoms with Crippen molar-refractivity contribution in [2.45, 2.75) is 226 Å². The molecule has 1 unspecified atom stereocenters. The monoisotopic (exact) mass is 783 g/mol. The molecular weight excluding hydrogens is 697 g/mol. The average molecular weight is 783 g/mol. The number of carbonyl (C=O) groups is 3. The molecule has 0 radical (unpaired) electrons. The van der Waals surface area contributed by atoms with Gasteiger partial charge in [-0.05, 0) is 83.5 Å². The van der Waals surface area contributed by atoms with Crippen LogP contribution in [0.2, 0.25) is 0 Å². The Hall–Kier alpha value is -2.89. The van der Waals surface area contributed by atoms with Crippen molar-refractivity contribution in [1.29, 1.82) is 0 Å². The summed E-state index contributed by atoms with van der Waals surface area (Å²) in [6, 6.07) is 0. The molecular formula is C50H86O6. The fraction of sp³-hybridized carbons (Fsp3) is 0.740. The van der Waals surface area contributed by atoms with E-state index in [1.165, 1.54) is 77.0 Å². The molecule has 6 heteroatoms. The molecule has 0 fully saturated rings. The lowest BCUT2D eigenvalue weighted by atomic mass is 10.1. The van der Waals surface area contributed by atoms with E-state index in [2.05, 4.69) is 81.5 Å². The Morgan fingerprint density at radius 1 is 0.375 bits per heavy atom. The molecule has 0 saturated heterocycles. The number of unbranched alkanes of at least 4 members (excludes halogenated alkanes) is 20. The van der Waals surface area contributed by atoms with Gasteiger partial charge in [0.05, 0.1) is 0 Å². The van der Waals surface area contributed by atoms with Gasteiger partial charge in [0.25, 0.3) is 0 Å². The minimum absolute atomic E-state index is 0.0898. The van der Waals surface area contributed by atoms with Crippen LogP contribution in [0.15, 0.2) is 60.8 Å². The van der Waals surface area contributed by atoms with Crippen LogP contribution in [0.5, 0.6) is 0 Å². The summed E-state index contributed by atoms with van der Waals surface area (Å²) < 4.78 is 16.7. The molecule has 0 N–H and O–H groups in total. The zero-order valence-electron chi connectivity index (χ0n) is 36.6. The van der Waals surface area contributed by atoms with Gasteiger partial charge in [0.15, 0.2) is 6.10 Å². The summed E-state index contributed by atoms with van der Waals surface area (Å²) in [6.45, 7) is 6.43. The molecule has 0 heterocycles. The third-order valence-electron chi connectivity index (χ3n) is 9.76. The van der Waals surface area contributed by atoms with Crippen LogP contribution in [0.25, 0.3) is 0 Å². The maximum atomic E-state index is 12.7.